The zero-order chi connectivity index (χ0) is 27.6. The standard InChI is InChI=1S/C22H24ClF3N6O.C4H10/c1-3-5-28-10-13(2)20(33)32-6-4-18-17(12-32)19(31-21(23)30-18)29-11-14-7-15(22(24,25)26)9-16(27)8-14;1-3-4-2/h3,5,7-10,13H,4,6,11-12,27H2,1-2H3,(H,29,30,31);3-4H2,1-2H3/b5-3-,28-10?;. The van der Waals surface area contributed by atoms with Gasteiger partial charge in [0.05, 0.1) is 23.7 Å². The monoisotopic (exact) mass is 538 g/mol. The van der Waals surface area contributed by atoms with Crippen LogP contribution in [0.5, 0.6) is 0 Å². The molecule has 0 saturated heterocycles. The summed E-state index contributed by atoms with van der Waals surface area (Å²) in [5.41, 5.74) is 6.54. The summed E-state index contributed by atoms with van der Waals surface area (Å²) in [6, 6.07) is 3.37. The van der Waals surface area contributed by atoms with Gasteiger partial charge in [0, 0.05) is 43.2 Å². The van der Waals surface area contributed by atoms with Gasteiger partial charge >= 0.3 is 6.18 Å². The highest BCUT2D eigenvalue weighted by Gasteiger charge is 2.31. The highest BCUT2D eigenvalue weighted by molar-refractivity contribution is 6.28. The molecule has 2 heterocycles. The molecule has 1 aliphatic heterocycles. The molecule has 2 aromatic rings. The van der Waals surface area contributed by atoms with Crippen LogP contribution in [-0.4, -0.2) is 33.5 Å². The lowest BCUT2D eigenvalue weighted by atomic mass is 10.0. The van der Waals surface area contributed by atoms with Gasteiger partial charge in [0.15, 0.2) is 0 Å². The predicted molar refractivity (Wildman–Crippen MR) is 142 cm³/mol. The first-order valence-corrected chi connectivity index (χ1v) is 12.6. The van der Waals surface area contributed by atoms with Crippen molar-refractivity contribution < 1.29 is 18.0 Å². The van der Waals surface area contributed by atoms with E-state index in [-0.39, 0.29) is 30.0 Å². The van der Waals surface area contributed by atoms with Gasteiger partial charge in [-0.3, -0.25) is 9.79 Å². The van der Waals surface area contributed by atoms with Crippen molar-refractivity contribution in [2.75, 3.05) is 17.6 Å². The van der Waals surface area contributed by atoms with E-state index in [1.165, 1.54) is 18.9 Å². The fraction of sp³-hybridized carbons (Fsp3) is 0.462. The number of benzene rings is 1. The Hall–Kier alpha value is -3.14. The molecule has 0 spiro atoms. The quantitative estimate of drug-likeness (QED) is 0.246. The number of halogens is 4. The number of alkyl halides is 3. The van der Waals surface area contributed by atoms with Crippen LogP contribution >= 0.6 is 11.6 Å². The lowest BCUT2D eigenvalue weighted by molar-refractivity contribution is -0.137. The number of nitrogens with two attached hydrogens (primary N) is 1. The number of amides is 1. The van der Waals surface area contributed by atoms with E-state index in [1.54, 1.807) is 30.3 Å². The number of allylic oxidation sites excluding steroid dienone is 1. The molecule has 0 aliphatic carbocycles. The molecule has 37 heavy (non-hydrogen) atoms. The predicted octanol–water partition coefficient (Wildman–Crippen LogP) is 6.27. The third kappa shape index (κ3) is 9.03. The maximum absolute atomic E-state index is 13.1. The maximum Gasteiger partial charge on any atom is 0.416 e. The molecule has 0 fully saturated rings. The van der Waals surface area contributed by atoms with Crippen molar-refractivity contribution in [1.29, 1.82) is 0 Å². The Kier molecular flexibility index (Phi) is 11.4. The second-order valence-electron chi connectivity index (χ2n) is 8.66. The van der Waals surface area contributed by atoms with Crippen LogP contribution in [0.3, 0.4) is 0 Å². The third-order valence-corrected chi connectivity index (χ3v) is 5.75. The molecule has 1 aromatic carbocycles. The summed E-state index contributed by atoms with van der Waals surface area (Å²) in [5.74, 6) is -0.144. The number of hydrogen-bond acceptors (Lipinski definition) is 6. The van der Waals surface area contributed by atoms with E-state index in [9.17, 15) is 18.0 Å². The average molecular weight is 539 g/mol. The van der Waals surface area contributed by atoms with Crippen molar-refractivity contribution in [3.05, 3.63) is 58.1 Å². The second-order valence-corrected chi connectivity index (χ2v) is 9.00. The molecule has 3 rings (SSSR count). The molecular formula is C26H34ClF3N6O. The van der Waals surface area contributed by atoms with Gasteiger partial charge in [-0.15, -0.1) is 0 Å². The van der Waals surface area contributed by atoms with Gasteiger partial charge in [0.1, 0.15) is 5.82 Å². The first kappa shape index (κ1) is 30.1. The number of aliphatic imine (C=N–C) groups is 1. The van der Waals surface area contributed by atoms with E-state index in [0.717, 1.165) is 12.1 Å². The number of hydrogen-bond donors (Lipinski definition) is 2. The van der Waals surface area contributed by atoms with Gasteiger partial charge in [-0.25, -0.2) is 9.97 Å². The number of rotatable bonds is 7. The topological polar surface area (TPSA) is 96.5 Å². The number of nitrogens with one attached hydrogen (secondary N) is 1. The van der Waals surface area contributed by atoms with Crippen molar-refractivity contribution in [1.82, 2.24) is 14.9 Å². The van der Waals surface area contributed by atoms with Crippen molar-refractivity contribution in [3.8, 4) is 0 Å². The number of unbranched alkanes of at least 4 members (excludes halogenated alkanes) is 1. The van der Waals surface area contributed by atoms with Crippen LogP contribution in [0.1, 0.15) is 62.9 Å². The van der Waals surface area contributed by atoms with Crippen molar-refractivity contribution >= 4 is 35.2 Å². The summed E-state index contributed by atoms with van der Waals surface area (Å²) in [7, 11) is 0. The van der Waals surface area contributed by atoms with Crippen LogP contribution in [0.15, 0.2) is 35.5 Å². The van der Waals surface area contributed by atoms with Crippen molar-refractivity contribution in [2.45, 2.75) is 66.2 Å². The lowest BCUT2D eigenvalue weighted by Gasteiger charge is -2.30. The molecular weight excluding hydrogens is 505 g/mol. The highest BCUT2D eigenvalue weighted by atomic mass is 35.5. The number of carbonyl (C=O) groups excluding carboxylic acids is 1. The van der Waals surface area contributed by atoms with Crippen LogP contribution < -0.4 is 11.1 Å². The summed E-state index contributed by atoms with van der Waals surface area (Å²) in [4.78, 5) is 27.1. The molecule has 0 saturated carbocycles. The Bertz CT molecular complexity index is 1120. The number of anilines is 2. The van der Waals surface area contributed by atoms with E-state index in [2.05, 4.69) is 34.1 Å². The zero-order valence-corrected chi connectivity index (χ0v) is 22.3. The van der Waals surface area contributed by atoms with E-state index >= 15 is 0 Å². The zero-order valence-electron chi connectivity index (χ0n) is 21.6. The average Bonchev–Trinajstić information content (AvgIpc) is 2.86. The van der Waals surface area contributed by atoms with Gasteiger partial charge in [0.2, 0.25) is 11.2 Å². The number of aromatic nitrogens is 2. The molecule has 7 nitrogen and oxygen atoms in total. The minimum atomic E-state index is -4.50. The van der Waals surface area contributed by atoms with Gasteiger partial charge in [-0.1, -0.05) is 32.8 Å². The Morgan fingerprint density at radius 3 is 2.59 bits per heavy atom. The Balaban J connectivity index is 0.00000112. The first-order chi connectivity index (χ1) is 17.5. The minimum Gasteiger partial charge on any atom is -0.399 e. The lowest BCUT2D eigenvalue weighted by Crippen LogP contribution is -2.40. The summed E-state index contributed by atoms with van der Waals surface area (Å²) in [6.45, 7) is 8.71. The van der Waals surface area contributed by atoms with Crippen molar-refractivity contribution in [2.24, 2.45) is 10.9 Å². The molecule has 1 atom stereocenters. The molecule has 1 aromatic heterocycles. The van der Waals surface area contributed by atoms with Crippen LogP contribution in [0.25, 0.3) is 0 Å². The van der Waals surface area contributed by atoms with E-state index in [4.69, 9.17) is 17.3 Å². The molecule has 11 heteroatoms. The third-order valence-electron chi connectivity index (χ3n) is 5.58. The molecule has 3 N–H and O–H groups in total. The number of nitrogens with zero attached hydrogens (tertiary/aromatic N) is 4. The fourth-order valence-electron chi connectivity index (χ4n) is 3.50. The summed E-state index contributed by atoms with van der Waals surface area (Å²) < 4.78 is 39.3. The normalized spacial score (nSPS) is 14.3. The highest BCUT2D eigenvalue weighted by Crippen LogP contribution is 2.32. The number of fused-ring (bicyclic) bond motifs is 1. The summed E-state index contributed by atoms with van der Waals surface area (Å²) >= 11 is 6.06. The minimum absolute atomic E-state index is 0.00900. The Morgan fingerprint density at radius 2 is 1.97 bits per heavy atom. The van der Waals surface area contributed by atoms with Crippen LogP contribution in [0.2, 0.25) is 5.28 Å². The Morgan fingerprint density at radius 1 is 1.27 bits per heavy atom. The first-order valence-electron chi connectivity index (χ1n) is 12.2. The SMILES string of the molecule is C/C=C\N=CC(C)C(=O)N1CCc2nc(Cl)nc(NCc3cc(N)cc(C(F)(F)F)c3)c2C1.CCCC. The number of carbonyl (C=O) groups is 1. The largest absolute Gasteiger partial charge is 0.416 e. The molecule has 202 valence electrons. The van der Waals surface area contributed by atoms with E-state index in [1.807, 2.05) is 6.92 Å². The van der Waals surface area contributed by atoms with Crippen LogP contribution in [0, 0.1) is 5.92 Å². The number of nitrogen functional groups attached to an aromatic ring is 1. The van der Waals surface area contributed by atoms with Crippen molar-refractivity contribution in [3.63, 3.8) is 0 Å². The summed E-state index contributed by atoms with van der Waals surface area (Å²) in [6.07, 6.45) is 3.56. The fourth-order valence-corrected chi connectivity index (χ4v) is 3.69. The molecule has 0 radical (unpaired) electrons. The molecule has 1 unspecified atom stereocenters. The van der Waals surface area contributed by atoms with Gasteiger partial charge in [-0.05, 0) is 49.2 Å². The van der Waals surface area contributed by atoms with Gasteiger partial charge < -0.3 is 16.0 Å². The maximum atomic E-state index is 13.1. The summed E-state index contributed by atoms with van der Waals surface area (Å²) in [5, 5.41) is 3.05. The molecule has 1 amide bonds. The van der Waals surface area contributed by atoms with Gasteiger partial charge in [0.25, 0.3) is 0 Å². The smallest absolute Gasteiger partial charge is 0.399 e. The molecule has 0 bridgehead atoms. The van der Waals surface area contributed by atoms with E-state index < -0.39 is 17.7 Å². The van der Waals surface area contributed by atoms with E-state index in [0.29, 0.717) is 35.6 Å². The second kappa shape index (κ2) is 14.0. The van der Waals surface area contributed by atoms with Crippen LogP contribution in [0.4, 0.5) is 24.7 Å². The van der Waals surface area contributed by atoms with Crippen LogP contribution in [-0.2, 0) is 30.5 Å². The Labute approximate surface area is 221 Å². The van der Waals surface area contributed by atoms with Gasteiger partial charge in [-0.2, -0.15) is 13.2 Å². The molecule has 1 aliphatic rings.